The van der Waals surface area contributed by atoms with E-state index in [-0.39, 0.29) is 5.92 Å². The van der Waals surface area contributed by atoms with Crippen LogP contribution in [0.1, 0.15) is 56.3 Å². The van der Waals surface area contributed by atoms with E-state index in [4.69, 9.17) is 0 Å². The van der Waals surface area contributed by atoms with Crippen molar-refractivity contribution in [1.29, 1.82) is 0 Å². The van der Waals surface area contributed by atoms with Crippen molar-refractivity contribution in [1.82, 2.24) is 10.2 Å². The Morgan fingerprint density at radius 2 is 2.29 bits per heavy atom. The Labute approximate surface area is 103 Å². The molecule has 1 fully saturated rings. The molecule has 2 rings (SSSR count). The number of aromatic amines is 1. The summed E-state index contributed by atoms with van der Waals surface area (Å²) < 4.78 is 0. The molecule has 1 aliphatic carbocycles. The maximum atomic E-state index is 12.4. The highest BCUT2D eigenvalue weighted by atomic mass is 16.1. The number of hydrogen-bond donors (Lipinski definition) is 1. The fourth-order valence-electron chi connectivity index (χ4n) is 3.07. The highest BCUT2D eigenvalue weighted by Crippen LogP contribution is 2.38. The minimum atomic E-state index is 0.219. The van der Waals surface area contributed by atoms with Gasteiger partial charge >= 0.3 is 0 Å². The highest BCUT2D eigenvalue weighted by Gasteiger charge is 2.34. The van der Waals surface area contributed by atoms with Crippen LogP contribution in [0.2, 0.25) is 0 Å². The molecule has 1 N–H and O–H groups in total. The van der Waals surface area contributed by atoms with Gasteiger partial charge in [-0.15, -0.1) is 0 Å². The number of Topliss-reactive ketones (excluding diaryl/α,β-unsaturated/α-hetero) is 1. The lowest BCUT2D eigenvalue weighted by Gasteiger charge is -2.34. The first-order valence-corrected chi connectivity index (χ1v) is 6.77. The van der Waals surface area contributed by atoms with Gasteiger partial charge < -0.3 is 0 Å². The number of carbonyl (C=O) groups excluding carboxylic acids is 1. The molecule has 0 saturated heterocycles. The maximum absolute atomic E-state index is 12.4. The molecule has 0 amide bonds. The molecule has 17 heavy (non-hydrogen) atoms. The monoisotopic (exact) mass is 234 g/mol. The number of H-pyrrole nitrogens is 1. The summed E-state index contributed by atoms with van der Waals surface area (Å²) in [6, 6.07) is 0. The molecular weight excluding hydrogens is 212 g/mol. The average molecular weight is 234 g/mol. The van der Waals surface area contributed by atoms with Crippen molar-refractivity contribution in [2.24, 2.45) is 17.8 Å². The van der Waals surface area contributed by atoms with Gasteiger partial charge in [0.2, 0.25) is 0 Å². The molecule has 0 aliphatic heterocycles. The Kier molecular flexibility index (Phi) is 3.97. The molecule has 3 unspecified atom stereocenters. The zero-order valence-electron chi connectivity index (χ0n) is 10.8. The van der Waals surface area contributed by atoms with E-state index in [0.29, 0.717) is 17.6 Å². The van der Waals surface area contributed by atoms with Gasteiger partial charge in [-0.05, 0) is 24.7 Å². The first kappa shape index (κ1) is 12.3. The third-order valence-electron chi connectivity index (χ3n) is 4.31. The van der Waals surface area contributed by atoms with Crippen molar-refractivity contribution >= 4 is 5.78 Å². The third kappa shape index (κ3) is 2.59. The molecule has 1 saturated carbocycles. The van der Waals surface area contributed by atoms with Crippen molar-refractivity contribution in [3.63, 3.8) is 0 Å². The normalized spacial score (nSPS) is 26.7. The van der Waals surface area contributed by atoms with Crippen LogP contribution in [0.3, 0.4) is 0 Å². The number of nitrogens with zero attached hydrogens (tertiary/aromatic N) is 1. The van der Waals surface area contributed by atoms with Crippen LogP contribution in [0, 0.1) is 17.8 Å². The van der Waals surface area contributed by atoms with Crippen LogP contribution in [-0.2, 0) is 0 Å². The summed E-state index contributed by atoms with van der Waals surface area (Å²) >= 11 is 0. The Hall–Kier alpha value is -1.12. The maximum Gasteiger partial charge on any atom is 0.169 e. The summed E-state index contributed by atoms with van der Waals surface area (Å²) in [7, 11) is 0. The largest absolute Gasteiger partial charge is 0.294 e. The molecule has 0 radical (unpaired) electrons. The Morgan fingerprint density at radius 3 is 2.94 bits per heavy atom. The van der Waals surface area contributed by atoms with E-state index in [9.17, 15) is 4.79 Å². The Balaban J connectivity index is 2.13. The second-order valence-corrected chi connectivity index (χ2v) is 5.29. The van der Waals surface area contributed by atoms with Gasteiger partial charge in [-0.1, -0.05) is 33.1 Å². The van der Waals surface area contributed by atoms with E-state index < -0.39 is 0 Å². The van der Waals surface area contributed by atoms with Crippen molar-refractivity contribution in [3.05, 3.63) is 18.0 Å². The summed E-state index contributed by atoms with van der Waals surface area (Å²) in [4.78, 5) is 12.4. The summed E-state index contributed by atoms with van der Waals surface area (Å²) in [5.74, 6) is 1.73. The first-order valence-electron chi connectivity index (χ1n) is 6.77. The van der Waals surface area contributed by atoms with Gasteiger partial charge in [-0.25, -0.2) is 0 Å². The second-order valence-electron chi connectivity index (χ2n) is 5.29. The van der Waals surface area contributed by atoms with Gasteiger partial charge in [0.05, 0.1) is 11.8 Å². The minimum Gasteiger partial charge on any atom is -0.294 e. The van der Waals surface area contributed by atoms with Crippen molar-refractivity contribution in [2.45, 2.75) is 46.0 Å². The van der Waals surface area contributed by atoms with Crippen LogP contribution >= 0.6 is 0 Å². The summed E-state index contributed by atoms with van der Waals surface area (Å²) in [6.07, 6.45) is 9.29. The van der Waals surface area contributed by atoms with E-state index in [1.807, 2.05) is 0 Å². The van der Waals surface area contributed by atoms with Crippen molar-refractivity contribution in [3.8, 4) is 0 Å². The predicted octanol–water partition coefficient (Wildman–Crippen LogP) is 3.44. The molecule has 3 atom stereocenters. The van der Waals surface area contributed by atoms with Gasteiger partial charge in [0.15, 0.2) is 5.78 Å². The number of rotatable bonds is 4. The van der Waals surface area contributed by atoms with Gasteiger partial charge in [-0.2, -0.15) is 5.10 Å². The standard InChI is InChI=1S/C14H22N2O/c1-3-10(2)12-6-4-5-7-13(12)14(17)11-8-15-16-9-11/h8-10,12-13H,3-7H2,1-2H3,(H,15,16). The lowest BCUT2D eigenvalue weighted by Crippen LogP contribution is -2.31. The molecule has 1 heterocycles. The minimum absolute atomic E-state index is 0.219. The van der Waals surface area contributed by atoms with Crippen LogP contribution < -0.4 is 0 Å². The highest BCUT2D eigenvalue weighted by molar-refractivity contribution is 5.97. The van der Waals surface area contributed by atoms with Crippen molar-refractivity contribution < 1.29 is 4.79 Å². The van der Waals surface area contributed by atoms with E-state index in [1.165, 1.54) is 25.7 Å². The fourth-order valence-corrected chi connectivity index (χ4v) is 3.07. The molecule has 1 aromatic heterocycles. The smallest absolute Gasteiger partial charge is 0.169 e. The van der Waals surface area contributed by atoms with Crippen LogP contribution in [0.5, 0.6) is 0 Å². The lowest BCUT2D eigenvalue weighted by atomic mass is 9.70. The number of carbonyl (C=O) groups is 1. The summed E-state index contributed by atoms with van der Waals surface area (Å²) in [5, 5.41) is 6.62. The van der Waals surface area contributed by atoms with E-state index >= 15 is 0 Å². The quantitative estimate of drug-likeness (QED) is 0.811. The topological polar surface area (TPSA) is 45.8 Å². The fraction of sp³-hybridized carbons (Fsp3) is 0.714. The first-order chi connectivity index (χ1) is 8.24. The van der Waals surface area contributed by atoms with Crippen LogP contribution in [0.15, 0.2) is 12.4 Å². The third-order valence-corrected chi connectivity index (χ3v) is 4.31. The molecule has 3 heteroatoms. The average Bonchev–Trinajstić information content (AvgIpc) is 2.91. The second kappa shape index (κ2) is 5.48. The Bertz CT molecular complexity index is 358. The summed E-state index contributed by atoms with van der Waals surface area (Å²) in [6.45, 7) is 4.50. The zero-order chi connectivity index (χ0) is 12.3. The number of ketones is 1. The van der Waals surface area contributed by atoms with Crippen molar-refractivity contribution in [2.75, 3.05) is 0 Å². The van der Waals surface area contributed by atoms with Gasteiger partial charge in [0, 0.05) is 12.1 Å². The molecule has 0 bridgehead atoms. The summed E-state index contributed by atoms with van der Waals surface area (Å²) in [5.41, 5.74) is 0.755. The van der Waals surface area contributed by atoms with Crippen LogP contribution in [0.4, 0.5) is 0 Å². The number of hydrogen-bond acceptors (Lipinski definition) is 2. The Morgan fingerprint density at radius 1 is 1.53 bits per heavy atom. The van der Waals surface area contributed by atoms with Gasteiger partial charge in [0.1, 0.15) is 0 Å². The molecule has 3 nitrogen and oxygen atoms in total. The molecule has 0 aromatic carbocycles. The van der Waals surface area contributed by atoms with E-state index in [1.54, 1.807) is 12.4 Å². The SMILES string of the molecule is CCC(C)C1CCCCC1C(=O)c1cn[nH]c1. The molecule has 1 aliphatic rings. The van der Waals surface area contributed by atoms with Gasteiger partial charge in [-0.3, -0.25) is 9.89 Å². The van der Waals surface area contributed by atoms with E-state index in [0.717, 1.165) is 12.0 Å². The van der Waals surface area contributed by atoms with E-state index in [2.05, 4.69) is 24.0 Å². The number of nitrogens with one attached hydrogen (secondary N) is 1. The predicted molar refractivity (Wildman–Crippen MR) is 67.8 cm³/mol. The molecule has 0 spiro atoms. The van der Waals surface area contributed by atoms with Crippen LogP contribution in [-0.4, -0.2) is 16.0 Å². The van der Waals surface area contributed by atoms with Crippen LogP contribution in [0.25, 0.3) is 0 Å². The molecule has 1 aromatic rings. The zero-order valence-corrected chi connectivity index (χ0v) is 10.8. The van der Waals surface area contributed by atoms with Gasteiger partial charge in [0.25, 0.3) is 0 Å². The number of aromatic nitrogens is 2. The molecule has 94 valence electrons. The lowest BCUT2D eigenvalue weighted by molar-refractivity contribution is 0.0763. The molecular formula is C14H22N2O.